The van der Waals surface area contributed by atoms with Gasteiger partial charge in [-0.1, -0.05) is 29.3 Å². The number of amides is 1. The lowest BCUT2D eigenvalue weighted by atomic mass is 10.3. The molecule has 1 N–H and O–H groups in total. The van der Waals surface area contributed by atoms with Crippen LogP contribution >= 0.6 is 34.5 Å². The number of hydrogen-bond acceptors (Lipinski definition) is 4. The summed E-state index contributed by atoms with van der Waals surface area (Å²) < 4.78 is 39.4. The van der Waals surface area contributed by atoms with Crippen molar-refractivity contribution in [2.75, 3.05) is 18.9 Å². The van der Waals surface area contributed by atoms with Crippen LogP contribution in [0.15, 0.2) is 34.5 Å². The predicted molar refractivity (Wildman–Crippen MR) is 89.2 cm³/mol. The molecule has 0 unspecified atom stereocenters. The van der Waals surface area contributed by atoms with Gasteiger partial charge in [0.1, 0.15) is 4.21 Å². The Morgan fingerprint density at radius 2 is 2.00 bits per heavy atom. The Kier molecular flexibility index (Phi) is 5.64. The second kappa shape index (κ2) is 7.14. The number of carbonyl (C=O) groups excluding carboxylic acids is 1. The molecule has 2 rings (SSSR count). The lowest BCUT2D eigenvalue weighted by Gasteiger charge is -2.16. The maximum atomic E-state index is 13.7. The molecule has 0 saturated heterocycles. The predicted octanol–water partition coefficient (Wildman–Crippen LogP) is 3.45. The van der Waals surface area contributed by atoms with Crippen molar-refractivity contribution < 1.29 is 17.6 Å². The van der Waals surface area contributed by atoms with E-state index >= 15 is 0 Å². The maximum absolute atomic E-state index is 13.7. The van der Waals surface area contributed by atoms with E-state index in [0.717, 1.165) is 15.6 Å². The van der Waals surface area contributed by atoms with Crippen LogP contribution in [0.1, 0.15) is 0 Å². The molecule has 1 heterocycles. The zero-order valence-corrected chi connectivity index (χ0v) is 14.9. The summed E-state index contributed by atoms with van der Waals surface area (Å²) in [5.41, 5.74) is -0.118. The summed E-state index contributed by atoms with van der Waals surface area (Å²) in [6.45, 7) is -0.482. The van der Waals surface area contributed by atoms with Gasteiger partial charge in [-0.2, -0.15) is 4.31 Å². The number of rotatable bonds is 5. The zero-order chi connectivity index (χ0) is 17.2. The average Bonchev–Trinajstić information content (AvgIpc) is 2.91. The second-order valence-electron chi connectivity index (χ2n) is 4.47. The number of likely N-dealkylation sites (N-methyl/N-ethyl adjacent to an activating group) is 1. The summed E-state index contributed by atoms with van der Waals surface area (Å²) in [5, 5.41) is 2.14. The van der Waals surface area contributed by atoms with Crippen molar-refractivity contribution in [2.45, 2.75) is 4.21 Å². The Bertz CT molecular complexity index is 839. The lowest BCUT2D eigenvalue weighted by molar-refractivity contribution is -0.116. The molecular weight excluding hydrogens is 386 g/mol. The number of benzene rings is 1. The number of nitrogens with one attached hydrogen (secondary N) is 1. The van der Waals surface area contributed by atoms with Crippen molar-refractivity contribution in [1.29, 1.82) is 0 Å². The van der Waals surface area contributed by atoms with Crippen molar-refractivity contribution in [3.8, 4) is 0 Å². The minimum atomic E-state index is -3.84. The van der Waals surface area contributed by atoms with Crippen molar-refractivity contribution in [3.05, 3.63) is 45.5 Å². The van der Waals surface area contributed by atoms with Gasteiger partial charge < -0.3 is 5.32 Å². The standard InChI is InChI=1S/C13H11Cl2FN2O3S2/c1-18(23(20,21)12-6-5-10(15)22-12)7-11(19)17-9-4-2-3-8(14)13(9)16/h2-6H,7H2,1H3,(H,17,19). The Hall–Kier alpha value is -1.19. The van der Waals surface area contributed by atoms with Gasteiger partial charge >= 0.3 is 0 Å². The molecule has 10 heteroatoms. The molecule has 0 spiro atoms. The number of halogens is 3. The van der Waals surface area contributed by atoms with Crippen LogP contribution in [-0.2, 0) is 14.8 Å². The topological polar surface area (TPSA) is 66.5 Å². The van der Waals surface area contributed by atoms with Crippen LogP contribution < -0.4 is 5.32 Å². The van der Waals surface area contributed by atoms with Gasteiger partial charge in [-0.3, -0.25) is 4.79 Å². The van der Waals surface area contributed by atoms with E-state index in [-0.39, 0.29) is 14.9 Å². The quantitative estimate of drug-likeness (QED) is 0.841. The monoisotopic (exact) mass is 396 g/mol. The SMILES string of the molecule is CN(CC(=O)Nc1cccc(Cl)c1F)S(=O)(=O)c1ccc(Cl)s1. The molecule has 1 aromatic carbocycles. The Morgan fingerprint density at radius 1 is 1.30 bits per heavy atom. The zero-order valence-electron chi connectivity index (χ0n) is 11.7. The number of anilines is 1. The highest BCUT2D eigenvalue weighted by Gasteiger charge is 2.25. The van der Waals surface area contributed by atoms with E-state index in [9.17, 15) is 17.6 Å². The van der Waals surface area contributed by atoms with Crippen LogP contribution in [0.3, 0.4) is 0 Å². The van der Waals surface area contributed by atoms with E-state index in [1.165, 1.54) is 37.4 Å². The first-order valence-electron chi connectivity index (χ1n) is 6.17. The third kappa shape index (κ3) is 4.21. The van der Waals surface area contributed by atoms with Gasteiger partial charge in [0.15, 0.2) is 5.82 Å². The minimum Gasteiger partial charge on any atom is -0.322 e. The van der Waals surface area contributed by atoms with Gasteiger partial charge in [0.05, 0.1) is 21.6 Å². The summed E-state index contributed by atoms with van der Waals surface area (Å²) >= 11 is 12.2. The van der Waals surface area contributed by atoms with Crippen molar-refractivity contribution in [2.24, 2.45) is 0 Å². The fraction of sp³-hybridized carbons (Fsp3) is 0.154. The first kappa shape index (κ1) is 18.2. The third-order valence-electron chi connectivity index (χ3n) is 2.81. The maximum Gasteiger partial charge on any atom is 0.252 e. The van der Waals surface area contributed by atoms with Gasteiger partial charge in [-0.25, -0.2) is 12.8 Å². The fourth-order valence-electron chi connectivity index (χ4n) is 1.67. The summed E-state index contributed by atoms with van der Waals surface area (Å²) in [6, 6.07) is 6.94. The number of carbonyl (C=O) groups is 1. The summed E-state index contributed by atoms with van der Waals surface area (Å²) in [5.74, 6) is -1.47. The molecule has 0 radical (unpaired) electrons. The number of nitrogens with zero attached hydrogens (tertiary/aromatic N) is 1. The van der Waals surface area contributed by atoms with Gasteiger partial charge in [-0.05, 0) is 24.3 Å². The lowest BCUT2D eigenvalue weighted by Crippen LogP contribution is -2.34. The Balaban J connectivity index is 2.09. The molecule has 0 fully saturated rings. The van der Waals surface area contributed by atoms with Crippen LogP contribution in [0, 0.1) is 5.82 Å². The summed E-state index contributed by atoms with van der Waals surface area (Å²) in [6.07, 6.45) is 0. The smallest absolute Gasteiger partial charge is 0.252 e. The molecular formula is C13H11Cl2FN2O3S2. The molecule has 0 aliphatic carbocycles. The number of hydrogen-bond donors (Lipinski definition) is 1. The van der Waals surface area contributed by atoms with E-state index < -0.39 is 28.3 Å². The van der Waals surface area contributed by atoms with Crippen molar-refractivity contribution >= 4 is 56.2 Å². The van der Waals surface area contributed by atoms with Gasteiger partial charge in [0.2, 0.25) is 5.91 Å². The van der Waals surface area contributed by atoms with Crippen LogP contribution in [0.25, 0.3) is 0 Å². The normalized spacial score (nSPS) is 11.7. The average molecular weight is 397 g/mol. The molecule has 2 aromatic rings. The highest BCUT2D eigenvalue weighted by molar-refractivity contribution is 7.91. The van der Waals surface area contributed by atoms with E-state index in [0.29, 0.717) is 4.34 Å². The molecule has 0 atom stereocenters. The largest absolute Gasteiger partial charge is 0.322 e. The second-order valence-corrected chi connectivity index (χ2v) is 8.86. The fourth-order valence-corrected chi connectivity index (χ4v) is 4.66. The van der Waals surface area contributed by atoms with Crippen molar-refractivity contribution in [3.63, 3.8) is 0 Å². The molecule has 0 saturated carbocycles. The van der Waals surface area contributed by atoms with Gasteiger partial charge in [-0.15, -0.1) is 11.3 Å². The summed E-state index contributed by atoms with van der Waals surface area (Å²) in [7, 11) is -2.59. The first-order valence-corrected chi connectivity index (χ1v) is 9.18. The van der Waals surface area contributed by atoms with Crippen LogP contribution in [-0.4, -0.2) is 32.2 Å². The van der Waals surface area contributed by atoms with Crippen molar-refractivity contribution in [1.82, 2.24) is 4.31 Å². The molecule has 5 nitrogen and oxygen atoms in total. The Labute approximate surface area is 146 Å². The van der Waals surface area contributed by atoms with Crippen LogP contribution in [0.2, 0.25) is 9.36 Å². The molecule has 0 bridgehead atoms. The van der Waals surface area contributed by atoms with E-state index in [4.69, 9.17) is 23.2 Å². The highest BCUT2D eigenvalue weighted by atomic mass is 35.5. The van der Waals surface area contributed by atoms with E-state index in [2.05, 4.69) is 5.32 Å². The number of sulfonamides is 1. The van der Waals surface area contributed by atoms with Gasteiger partial charge in [0, 0.05) is 7.05 Å². The highest BCUT2D eigenvalue weighted by Crippen LogP contribution is 2.27. The van der Waals surface area contributed by atoms with E-state index in [1.54, 1.807) is 0 Å². The third-order valence-corrected chi connectivity index (χ3v) is 6.60. The molecule has 0 aliphatic heterocycles. The Morgan fingerprint density at radius 3 is 2.61 bits per heavy atom. The molecule has 0 aliphatic rings. The van der Waals surface area contributed by atoms with Gasteiger partial charge in [0.25, 0.3) is 10.0 Å². The number of thiophene rings is 1. The molecule has 1 amide bonds. The van der Waals surface area contributed by atoms with E-state index in [1.807, 2.05) is 0 Å². The molecule has 1 aromatic heterocycles. The van der Waals surface area contributed by atoms with Crippen LogP contribution in [0.5, 0.6) is 0 Å². The van der Waals surface area contributed by atoms with Crippen LogP contribution in [0.4, 0.5) is 10.1 Å². The molecule has 23 heavy (non-hydrogen) atoms. The first-order chi connectivity index (χ1) is 10.7. The minimum absolute atomic E-state index is 0.0201. The molecule has 124 valence electrons. The summed E-state index contributed by atoms with van der Waals surface area (Å²) in [4.78, 5) is 11.9.